The summed E-state index contributed by atoms with van der Waals surface area (Å²) in [6, 6.07) is 16.7. The molecule has 5 rings (SSSR count). The van der Waals surface area contributed by atoms with Gasteiger partial charge < -0.3 is 15.5 Å². The molecular weight excluding hydrogens is 508 g/mol. The van der Waals surface area contributed by atoms with Crippen LogP contribution in [0.3, 0.4) is 0 Å². The van der Waals surface area contributed by atoms with E-state index in [1.807, 2.05) is 6.07 Å². The average Bonchev–Trinajstić information content (AvgIpc) is 3.35. The summed E-state index contributed by atoms with van der Waals surface area (Å²) in [5.74, 6) is -2.56. The minimum absolute atomic E-state index is 0.0907. The third-order valence-electron chi connectivity index (χ3n) is 5.97. The van der Waals surface area contributed by atoms with Gasteiger partial charge in [-0.15, -0.1) is 0 Å². The van der Waals surface area contributed by atoms with E-state index in [4.69, 9.17) is 10.2 Å². The number of carbonyl (C=O) groups excluding carboxylic acids is 2. The molecular formula is C28H21F2N5O4. The van der Waals surface area contributed by atoms with Crippen molar-refractivity contribution in [3.05, 3.63) is 112 Å². The highest BCUT2D eigenvalue weighted by atomic mass is 19.1. The van der Waals surface area contributed by atoms with Crippen LogP contribution in [0.4, 0.5) is 14.5 Å². The highest BCUT2D eigenvalue weighted by Gasteiger charge is 2.28. The van der Waals surface area contributed by atoms with Gasteiger partial charge in [-0.1, -0.05) is 30.3 Å². The molecule has 1 amide bonds. The van der Waals surface area contributed by atoms with Gasteiger partial charge in [0, 0.05) is 18.1 Å². The van der Waals surface area contributed by atoms with Crippen LogP contribution in [0, 0.1) is 11.6 Å². The van der Waals surface area contributed by atoms with E-state index in [2.05, 4.69) is 15.3 Å². The largest absolute Gasteiger partial charge is 0.434 e. The third kappa shape index (κ3) is 5.57. The highest BCUT2D eigenvalue weighted by Crippen LogP contribution is 2.20. The predicted molar refractivity (Wildman–Crippen MR) is 139 cm³/mol. The second-order valence-electron chi connectivity index (χ2n) is 8.74. The highest BCUT2D eigenvalue weighted by molar-refractivity contribution is 6.00. The van der Waals surface area contributed by atoms with Gasteiger partial charge in [0.2, 0.25) is 11.7 Å². The lowest BCUT2D eigenvalue weighted by molar-refractivity contribution is -0.122. The number of ketones is 1. The number of Topliss-reactive ketones (excluding diaryl/α,β-unsaturated/α-hetero) is 1. The van der Waals surface area contributed by atoms with Crippen LogP contribution in [-0.2, 0) is 17.8 Å². The Kier molecular flexibility index (Phi) is 6.96. The lowest BCUT2D eigenvalue weighted by Gasteiger charge is -2.18. The first kappa shape index (κ1) is 25.5. The Morgan fingerprint density at radius 1 is 1.00 bits per heavy atom. The quantitative estimate of drug-likeness (QED) is 0.294. The minimum Gasteiger partial charge on any atom is -0.434 e. The second kappa shape index (κ2) is 10.7. The number of nitrogens with one attached hydrogen (secondary N) is 1. The Morgan fingerprint density at radius 2 is 1.72 bits per heavy atom. The van der Waals surface area contributed by atoms with Gasteiger partial charge in [0.25, 0.3) is 11.4 Å². The molecule has 196 valence electrons. The van der Waals surface area contributed by atoms with Gasteiger partial charge in [-0.3, -0.25) is 19.0 Å². The summed E-state index contributed by atoms with van der Waals surface area (Å²) in [7, 11) is 0. The molecule has 2 heterocycles. The number of amides is 1. The number of fused-ring (bicyclic) bond motifs is 1. The summed E-state index contributed by atoms with van der Waals surface area (Å²) in [5.41, 5.74) is 6.39. The van der Waals surface area contributed by atoms with Crippen molar-refractivity contribution in [2.45, 2.75) is 19.0 Å². The maximum atomic E-state index is 13.6. The zero-order valence-electron chi connectivity index (χ0n) is 20.3. The van der Waals surface area contributed by atoms with Crippen molar-refractivity contribution in [2.24, 2.45) is 0 Å². The first-order valence-electron chi connectivity index (χ1n) is 11.8. The summed E-state index contributed by atoms with van der Waals surface area (Å²) in [5, 5.41) is 2.65. The molecule has 1 unspecified atom stereocenters. The van der Waals surface area contributed by atoms with Crippen molar-refractivity contribution in [3.8, 4) is 11.4 Å². The standard InChI is InChI=1S/C28H21F2N5O4/c29-18-8-6-17(7-9-18)26-32-14-20(31)28(38)35(26)15-24(36)33-22(12-16-4-2-1-3-5-16)25(37)27-34-21-13-19(30)10-11-23(21)39-27/h1-11,13-14,22H,12,15,31H2,(H,33,36). The smallest absolute Gasteiger partial charge is 0.277 e. The number of halogens is 2. The Morgan fingerprint density at radius 3 is 2.46 bits per heavy atom. The molecule has 0 saturated heterocycles. The van der Waals surface area contributed by atoms with Gasteiger partial charge in [-0.2, -0.15) is 0 Å². The molecule has 0 aliphatic rings. The van der Waals surface area contributed by atoms with E-state index in [0.717, 1.165) is 22.4 Å². The number of carbonyl (C=O) groups is 2. The maximum Gasteiger partial charge on any atom is 0.277 e. The average molecular weight is 530 g/mol. The minimum atomic E-state index is -1.13. The number of rotatable bonds is 8. The summed E-state index contributed by atoms with van der Waals surface area (Å²) >= 11 is 0. The van der Waals surface area contributed by atoms with Gasteiger partial charge in [-0.05, 0) is 42.0 Å². The fourth-order valence-corrected chi connectivity index (χ4v) is 4.08. The Labute approximate surface area is 219 Å². The number of oxazole rings is 1. The molecule has 5 aromatic rings. The first-order chi connectivity index (χ1) is 18.8. The van der Waals surface area contributed by atoms with Crippen LogP contribution in [0.2, 0.25) is 0 Å². The molecule has 0 bridgehead atoms. The number of anilines is 1. The molecule has 1 atom stereocenters. The lowest BCUT2D eigenvalue weighted by atomic mass is 10.0. The normalized spacial score (nSPS) is 11.8. The molecule has 9 nitrogen and oxygen atoms in total. The van der Waals surface area contributed by atoms with Crippen molar-refractivity contribution in [2.75, 3.05) is 5.73 Å². The van der Waals surface area contributed by atoms with Crippen molar-refractivity contribution in [3.63, 3.8) is 0 Å². The van der Waals surface area contributed by atoms with Crippen molar-refractivity contribution in [1.82, 2.24) is 19.9 Å². The first-order valence-corrected chi connectivity index (χ1v) is 11.8. The van der Waals surface area contributed by atoms with Crippen LogP contribution >= 0.6 is 0 Å². The zero-order chi connectivity index (χ0) is 27.5. The van der Waals surface area contributed by atoms with Crippen molar-refractivity contribution < 1.29 is 22.8 Å². The molecule has 3 aromatic carbocycles. The molecule has 0 fully saturated rings. The maximum absolute atomic E-state index is 13.6. The number of aromatic nitrogens is 3. The van der Waals surface area contributed by atoms with E-state index < -0.39 is 41.5 Å². The monoisotopic (exact) mass is 529 g/mol. The summed E-state index contributed by atoms with van der Waals surface area (Å²) in [6.07, 6.45) is 1.25. The number of hydrogen-bond donors (Lipinski definition) is 2. The van der Waals surface area contributed by atoms with Gasteiger partial charge >= 0.3 is 0 Å². The van der Waals surface area contributed by atoms with E-state index in [9.17, 15) is 23.2 Å². The van der Waals surface area contributed by atoms with E-state index in [1.165, 1.54) is 36.4 Å². The molecule has 39 heavy (non-hydrogen) atoms. The molecule has 0 spiro atoms. The molecule has 0 aliphatic carbocycles. The Bertz CT molecular complexity index is 1730. The number of nitrogens with two attached hydrogens (primary N) is 1. The topological polar surface area (TPSA) is 133 Å². The number of benzene rings is 3. The van der Waals surface area contributed by atoms with Crippen LogP contribution in [0.15, 0.2) is 88.2 Å². The lowest BCUT2D eigenvalue weighted by Crippen LogP contribution is -2.45. The van der Waals surface area contributed by atoms with Crippen LogP contribution < -0.4 is 16.6 Å². The number of nitrogens with zero attached hydrogens (tertiary/aromatic N) is 3. The number of nitrogen functional groups attached to an aromatic ring is 1. The zero-order valence-corrected chi connectivity index (χ0v) is 20.3. The molecule has 0 aliphatic heterocycles. The van der Waals surface area contributed by atoms with Gasteiger partial charge in [0.1, 0.15) is 41.2 Å². The van der Waals surface area contributed by atoms with Crippen LogP contribution in [0.5, 0.6) is 0 Å². The Hall–Kier alpha value is -5.19. The van der Waals surface area contributed by atoms with E-state index in [0.29, 0.717) is 5.56 Å². The van der Waals surface area contributed by atoms with Crippen LogP contribution in [0.25, 0.3) is 22.5 Å². The second-order valence-corrected chi connectivity index (χ2v) is 8.74. The Balaban J connectivity index is 1.45. The van der Waals surface area contributed by atoms with Gasteiger partial charge in [-0.25, -0.2) is 18.7 Å². The predicted octanol–water partition coefficient (Wildman–Crippen LogP) is 3.52. The SMILES string of the molecule is Nc1cnc(-c2ccc(F)cc2)n(CC(=O)NC(Cc2ccccc2)C(=O)c2nc3cc(F)ccc3o2)c1=O. The van der Waals surface area contributed by atoms with Crippen LogP contribution in [0.1, 0.15) is 16.2 Å². The van der Waals surface area contributed by atoms with Crippen molar-refractivity contribution >= 4 is 28.5 Å². The molecule has 11 heteroatoms. The molecule has 2 aromatic heterocycles. The fraction of sp³-hybridized carbons (Fsp3) is 0.107. The van der Waals surface area contributed by atoms with Crippen molar-refractivity contribution in [1.29, 1.82) is 0 Å². The summed E-state index contributed by atoms with van der Waals surface area (Å²) in [4.78, 5) is 47.8. The van der Waals surface area contributed by atoms with Gasteiger partial charge in [0.05, 0.1) is 6.20 Å². The van der Waals surface area contributed by atoms with E-state index >= 15 is 0 Å². The third-order valence-corrected chi connectivity index (χ3v) is 5.97. The summed E-state index contributed by atoms with van der Waals surface area (Å²) in [6.45, 7) is -0.527. The van der Waals surface area contributed by atoms with Crippen LogP contribution in [-0.4, -0.2) is 32.3 Å². The molecule has 0 saturated carbocycles. The fourth-order valence-electron chi connectivity index (χ4n) is 4.08. The van der Waals surface area contributed by atoms with E-state index in [1.54, 1.807) is 24.3 Å². The molecule has 0 radical (unpaired) electrons. The van der Waals surface area contributed by atoms with Gasteiger partial charge in [0.15, 0.2) is 5.58 Å². The van der Waals surface area contributed by atoms with E-state index in [-0.39, 0.29) is 34.9 Å². The molecule has 3 N–H and O–H groups in total. The number of hydrogen-bond acceptors (Lipinski definition) is 7. The summed E-state index contributed by atoms with van der Waals surface area (Å²) < 4.78 is 33.6.